The molecule has 23 heavy (non-hydrogen) atoms. The molecule has 1 fully saturated rings. The lowest BCUT2D eigenvalue weighted by Gasteiger charge is -2.31. The molecule has 0 bridgehead atoms. The summed E-state index contributed by atoms with van der Waals surface area (Å²) in [6.07, 6.45) is 2.92. The normalized spacial score (nSPS) is 17.4. The van der Waals surface area contributed by atoms with E-state index in [9.17, 15) is 8.42 Å². The molecular weight excluding hydrogens is 330 g/mol. The maximum absolute atomic E-state index is 11.3. The highest BCUT2D eigenvalue weighted by molar-refractivity contribution is 7.88. The van der Waals surface area contributed by atoms with Gasteiger partial charge in [0, 0.05) is 36.6 Å². The first-order valence-electron chi connectivity index (χ1n) is 7.69. The Morgan fingerprint density at radius 3 is 2.61 bits per heavy atom. The fraction of sp³-hybridized carbons (Fsp3) is 0.438. The van der Waals surface area contributed by atoms with Crippen molar-refractivity contribution in [2.75, 3.05) is 19.3 Å². The molecule has 1 aliphatic heterocycles. The van der Waals surface area contributed by atoms with Crippen LogP contribution >= 0.6 is 11.3 Å². The molecule has 0 aliphatic carbocycles. The summed E-state index contributed by atoms with van der Waals surface area (Å²) in [5, 5.41) is 3.16. The molecule has 0 amide bonds. The zero-order valence-electron chi connectivity index (χ0n) is 13.1. The number of rotatable bonds is 5. The zero-order chi connectivity index (χ0) is 16.3. The van der Waals surface area contributed by atoms with Gasteiger partial charge in [0.15, 0.2) is 0 Å². The standard InChI is InChI=1S/C16H21N3O2S2/c1-23(20,21)18-14-7-9-19(10-8-14)11-15-12-22-16(17-15)13-5-3-2-4-6-13/h2-6,12,14,18H,7-11H2,1H3. The van der Waals surface area contributed by atoms with Crippen LogP contribution in [0, 0.1) is 0 Å². The van der Waals surface area contributed by atoms with Crippen molar-refractivity contribution in [3.05, 3.63) is 41.4 Å². The average molecular weight is 351 g/mol. The second kappa shape index (κ2) is 7.09. The third-order valence-corrected chi connectivity index (χ3v) is 5.63. The van der Waals surface area contributed by atoms with Gasteiger partial charge in [0.25, 0.3) is 0 Å². The molecule has 2 aromatic rings. The van der Waals surface area contributed by atoms with Crippen LogP contribution in [-0.4, -0.2) is 43.7 Å². The predicted molar refractivity (Wildman–Crippen MR) is 93.8 cm³/mol. The number of thiazole rings is 1. The first-order chi connectivity index (χ1) is 11.0. The van der Waals surface area contributed by atoms with Crippen LogP contribution in [0.3, 0.4) is 0 Å². The summed E-state index contributed by atoms with van der Waals surface area (Å²) in [4.78, 5) is 7.06. The minimum absolute atomic E-state index is 0.0663. The van der Waals surface area contributed by atoms with E-state index in [1.165, 1.54) is 6.26 Å². The molecule has 1 aromatic carbocycles. The number of piperidine rings is 1. The third-order valence-electron chi connectivity index (χ3n) is 3.93. The lowest BCUT2D eigenvalue weighted by atomic mass is 10.1. The molecule has 5 nitrogen and oxygen atoms in total. The average Bonchev–Trinajstić information content (AvgIpc) is 2.97. The van der Waals surface area contributed by atoms with E-state index < -0.39 is 10.0 Å². The highest BCUT2D eigenvalue weighted by atomic mass is 32.2. The highest BCUT2D eigenvalue weighted by Gasteiger charge is 2.22. The second-order valence-corrected chi connectivity index (χ2v) is 8.59. The Morgan fingerprint density at radius 2 is 1.96 bits per heavy atom. The summed E-state index contributed by atoms with van der Waals surface area (Å²) in [5.74, 6) is 0. The predicted octanol–water partition coefficient (Wildman–Crippen LogP) is 2.32. The smallest absolute Gasteiger partial charge is 0.208 e. The van der Waals surface area contributed by atoms with Crippen LogP contribution in [0.15, 0.2) is 35.7 Å². The van der Waals surface area contributed by atoms with E-state index in [0.717, 1.165) is 48.7 Å². The number of aromatic nitrogens is 1. The largest absolute Gasteiger partial charge is 0.297 e. The van der Waals surface area contributed by atoms with E-state index in [2.05, 4.69) is 27.1 Å². The lowest BCUT2D eigenvalue weighted by molar-refractivity contribution is 0.198. The Labute approximate surface area is 141 Å². The van der Waals surface area contributed by atoms with Crippen LogP contribution < -0.4 is 4.72 Å². The van der Waals surface area contributed by atoms with Crippen LogP contribution in [0.4, 0.5) is 0 Å². The summed E-state index contributed by atoms with van der Waals surface area (Å²) in [7, 11) is -3.11. The molecule has 1 saturated heterocycles. The Morgan fingerprint density at radius 1 is 1.26 bits per heavy atom. The molecule has 1 N–H and O–H groups in total. The summed E-state index contributed by atoms with van der Waals surface area (Å²) >= 11 is 1.67. The first-order valence-corrected chi connectivity index (χ1v) is 10.5. The van der Waals surface area contributed by atoms with Gasteiger partial charge in [-0.05, 0) is 12.8 Å². The van der Waals surface area contributed by atoms with Gasteiger partial charge in [-0.15, -0.1) is 11.3 Å². The van der Waals surface area contributed by atoms with Gasteiger partial charge in [0.05, 0.1) is 11.9 Å². The second-order valence-electron chi connectivity index (χ2n) is 5.95. The van der Waals surface area contributed by atoms with Crippen molar-refractivity contribution >= 4 is 21.4 Å². The van der Waals surface area contributed by atoms with Crippen LogP contribution in [0.25, 0.3) is 10.6 Å². The van der Waals surface area contributed by atoms with E-state index in [-0.39, 0.29) is 6.04 Å². The van der Waals surface area contributed by atoms with Crippen molar-refractivity contribution < 1.29 is 8.42 Å². The molecule has 1 aliphatic rings. The first kappa shape index (κ1) is 16.6. The number of likely N-dealkylation sites (tertiary alicyclic amines) is 1. The van der Waals surface area contributed by atoms with Crippen molar-refractivity contribution in [1.82, 2.24) is 14.6 Å². The SMILES string of the molecule is CS(=O)(=O)NC1CCN(Cc2csc(-c3ccccc3)n2)CC1. The fourth-order valence-corrected chi connectivity index (χ4v) is 4.49. The van der Waals surface area contributed by atoms with E-state index in [0.29, 0.717) is 0 Å². The molecule has 0 spiro atoms. The van der Waals surface area contributed by atoms with E-state index >= 15 is 0 Å². The molecule has 7 heteroatoms. The van der Waals surface area contributed by atoms with Gasteiger partial charge in [-0.2, -0.15) is 0 Å². The molecule has 124 valence electrons. The fourth-order valence-electron chi connectivity index (χ4n) is 2.83. The van der Waals surface area contributed by atoms with Crippen molar-refractivity contribution in [3.8, 4) is 10.6 Å². The topological polar surface area (TPSA) is 62.3 Å². The van der Waals surface area contributed by atoms with Crippen LogP contribution in [0.2, 0.25) is 0 Å². The van der Waals surface area contributed by atoms with Gasteiger partial charge in [0.2, 0.25) is 10.0 Å². The van der Waals surface area contributed by atoms with Crippen molar-refractivity contribution in [2.45, 2.75) is 25.4 Å². The lowest BCUT2D eigenvalue weighted by Crippen LogP contribution is -2.43. The van der Waals surface area contributed by atoms with Crippen molar-refractivity contribution in [1.29, 1.82) is 0 Å². The molecule has 2 heterocycles. The molecular formula is C16H21N3O2S2. The summed E-state index contributed by atoms with van der Waals surface area (Å²) in [6, 6.07) is 10.3. The van der Waals surface area contributed by atoms with Gasteiger partial charge in [-0.25, -0.2) is 18.1 Å². The number of hydrogen-bond donors (Lipinski definition) is 1. The number of nitrogens with zero attached hydrogens (tertiary/aromatic N) is 2. The Kier molecular flexibility index (Phi) is 5.11. The minimum atomic E-state index is -3.11. The third kappa shape index (κ3) is 4.84. The number of sulfonamides is 1. The number of benzene rings is 1. The quantitative estimate of drug-likeness (QED) is 0.898. The van der Waals surface area contributed by atoms with Gasteiger partial charge in [-0.1, -0.05) is 30.3 Å². The van der Waals surface area contributed by atoms with Gasteiger partial charge < -0.3 is 0 Å². The van der Waals surface area contributed by atoms with Crippen molar-refractivity contribution in [3.63, 3.8) is 0 Å². The van der Waals surface area contributed by atoms with Crippen LogP contribution in [-0.2, 0) is 16.6 Å². The molecule has 0 saturated carbocycles. The van der Waals surface area contributed by atoms with Gasteiger partial charge in [0.1, 0.15) is 5.01 Å². The van der Waals surface area contributed by atoms with Gasteiger partial charge in [-0.3, -0.25) is 4.90 Å². The molecule has 0 radical (unpaired) electrons. The molecule has 0 atom stereocenters. The molecule has 1 aromatic heterocycles. The molecule has 0 unspecified atom stereocenters. The van der Waals surface area contributed by atoms with E-state index in [1.807, 2.05) is 18.2 Å². The number of nitrogens with one attached hydrogen (secondary N) is 1. The minimum Gasteiger partial charge on any atom is -0.297 e. The van der Waals surface area contributed by atoms with E-state index in [1.54, 1.807) is 11.3 Å². The summed E-state index contributed by atoms with van der Waals surface area (Å²) in [5.41, 5.74) is 2.24. The maximum Gasteiger partial charge on any atom is 0.208 e. The monoisotopic (exact) mass is 351 g/mol. The maximum atomic E-state index is 11.3. The Balaban J connectivity index is 1.54. The van der Waals surface area contributed by atoms with Gasteiger partial charge >= 0.3 is 0 Å². The zero-order valence-corrected chi connectivity index (χ0v) is 14.7. The highest BCUT2D eigenvalue weighted by Crippen LogP contribution is 2.24. The Hall–Kier alpha value is -1.28. The van der Waals surface area contributed by atoms with E-state index in [4.69, 9.17) is 4.98 Å². The Bertz CT molecular complexity index is 736. The summed E-state index contributed by atoms with van der Waals surface area (Å²) in [6.45, 7) is 2.62. The number of hydrogen-bond acceptors (Lipinski definition) is 5. The van der Waals surface area contributed by atoms with Crippen molar-refractivity contribution in [2.24, 2.45) is 0 Å². The van der Waals surface area contributed by atoms with Crippen LogP contribution in [0.1, 0.15) is 18.5 Å². The summed E-state index contributed by atoms with van der Waals surface area (Å²) < 4.78 is 25.3. The van der Waals surface area contributed by atoms with Crippen LogP contribution in [0.5, 0.6) is 0 Å². The molecule has 3 rings (SSSR count).